The van der Waals surface area contributed by atoms with Crippen molar-refractivity contribution >= 4 is 29.9 Å². The number of nitrogens with two attached hydrogens (primary N) is 1. The molecule has 0 atom stereocenters. The Hall–Kier alpha value is -1.99. The summed E-state index contributed by atoms with van der Waals surface area (Å²) in [6.45, 7) is 1.90. The predicted molar refractivity (Wildman–Crippen MR) is 98.8 cm³/mol. The molecule has 140 valence electrons. The van der Waals surface area contributed by atoms with E-state index in [4.69, 9.17) is 15.2 Å². The Kier molecular flexibility index (Phi) is 8.51. The van der Waals surface area contributed by atoms with Crippen LogP contribution >= 0.6 is 12.4 Å². The predicted octanol–water partition coefficient (Wildman–Crippen LogP) is 2.04. The van der Waals surface area contributed by atoms with Gasteiger partial charge in [0.25, 0.3) is 5.91 Å². The van der Waals surface area contributed by atoms with Crippen LogP contribution in [0, 0.1) is 0 Å². The summed E-state index contributed by atoms with van der Waals surface area (Å²) in [7, 11) is 3.03. The molecule has 1 heterocycles. The van der Waals surface area contributed by atoms with E-state index < -0.39 is 0 Å². The first-order valence-electron chi connectivity index (χ1n) is 8.16. The summed E-state index contributed by atoms with van der Waals surface area (Å²) in [6, 6.07) is 3.25. The number of amides is 2. The van der Waals surface area contributed by atoms with E-state index in [2.05, 4.69) is 5.32 Å². The maximum atomic E-state index is 12.8. The maximum absolute atomic E-state index is 12.8. The Morgan fingerprint density at radius 3 is 2.32 bits per heavy atom. The van der Waals surface area contributed by atoms with Gasteiger partial charge in [-0.15, -0.1) is 12.4 Å². The second-order valence-electron chi connectivity index (χ2n) is 5.69. The van der Waals surface area contributed by atoms with Gasteiger partial charge in [0.05, 0.1) is 25.5 Å². The molecular weight excluding hydrogens is 346 g/mol. The Morgan fingerprint density at radius 2 is 1.76 bits per heavy atom. The normalized spacial score (nSPS) is 13.2. The topological polar surface area (TPSA) is 93.9 Å². The number of hydrogen-bond donors (Lipinski definition) is 2. The average molecular weight is 372 g/mol. The lowest BCUT2D eigenvalue weighted by Crippen LogP contribution is -2.29. The molecule has 1 aromatic carbocycles. The molecular formula is C17H26ClN3O4. The fourth-order valence-electron chi connectivity index (χ4n) is 2.73. The van der Waals surface area contributed by atoms with Crippen molar-refractivity contribution in [1.82, 2.24) is 4.90 Å². The van der Waals surface area contributed by atoms with Crippen molar-refractivity contribution in [3.05, 3.63) is 17.7 Å². The van der Waals surface area contributed by atoms with Crippen LogP contribution in [0.1, 0.15) is 36.0 Å². The number of halogens is 1. The van der Waals surface area contributed by atoms with Gasteiger partial charge in [-0.05, 0) is 31.9 Å². The van der Waals surface area contributed by atoms with Gasteiger partial charge in [-0.25, -0.2) is 0 Å². The summed E-state index contributed by atoms with van der Waals surface area (Å²) < 4.78 is 10.6. The molecule has 1 aliphatic rings. The van der Waals surface area contributed by atoms with Gasteiger partial charge >= 0.3 is 0 Å². The van der Waals surface area contributed by atoms with Crippen LogP contribution in [0.25, 0.3) is 0 Å². The third kappa shape index (κ3) is 5.24. The van der Waals surface area contributed by atoms with E-state index in [0.29, 0.717) is 42.1 Å². The Morgan fingerprint density at radius 1 is 1.16 bits per heavy atom. The zero-order chi connectivity index (χ0) is 17.5. The van der Waals surface area contributed by atoms with Crippen LogP contribution in [0.5, 0.6) is 11.5 Å². The molecule has 1 aliphatic heterocycles. The molecule has 0 aromatic heterocycles. The highest BCUT2D eigenvalue weighted by molar-refractivity contribution is 6.04. The molecule has 0 saturated carbocycles. The van der Waals surface area contributed by atoms with Gasteiger partial charge in [-0.2, -0.15) is 0 Å². The largest absolute Gasteiger partial charge is 0.493 e. The molecule has 0 aliphatic carbocycles. The fourth-order valence-corrected chi connectivity index (χ4v) is 2.73. The molecule has 0 bridgehead atoms. The number of likely N-dealkylation sites (tertiary alicyclic amines) is 1. The molecule has 2 rings (SSSR count). The van der Waals surface area contributed by atoms with E-state index in [9.17, 15) is 9.59 Å². The van der Waals surface area contributed by atoms with Crippen molar-refractivity contribution in [3.63, 3.8) is 0 Å². The quantitative estimate of drug-likeness (QED) is 0.764. The Balaban J connectivity index is 0.00000312. The van der Waals surface area contributed by atoms with E-state index in [0.717, 1.165) is 25.9 Å². The number of carbonyl (C=O) groups excluding carboxylic acids is 2. The van der Waals surface area contributed by atoms with Crippen molar-refractivity contribution in [2.75, 3.05) is 39.2 Å². The first-order chi connectivity index (χ1) is 11.6. The summed E-state index contributed by atoms with van der Waals surface area (Å²) in [5.41, 5.74) is 6.29. The van der Waals surface area contributed by atoms with Gasteiger partial charge in [0.1, 0.15) is 0 Å². The van der Waals surface area contributed by atoms with Crippen LogP contribution in [0.3, 0.4) is 0 Å². The highest BCUT2D eigenvalue weighted by Gasteiger charge is 2.24. The molecule has 3 N–H and O–H groups in total. The molecule has 2 amide bonds. The minimum Gasteiger partial charge on any atom is -0.493 e. The van der Waals surface area contributed by atoms with E-state index in [1.807, 2.05) is 0 Å². The number of ether oxygens (including phenoxy) is 2. The Bertz CT molecular complexity index is 604. The monoisotopic (exact) mass is 371 g/mol. The Labute approximate surface area is 154 Å². The lowest BCUT2D eigenvalue weighted by atomic mass is 10.1. The van der Waals surface area contributed by atoms with Crippen molar-refractivity contribution in [1.29, 1.82) is 0 Å². The SMILES string of the molecule is COc1cc(NC(=O)CCCN)c(C(=O)N2CCCC2)cc1OC.Cl. The number of rotatable bonds is 7. The van der Waals surface area contributed by atoms with Gasteiger partial charge in [0.15, 0.2) is 11.5 Å². The molecule has 25 heavy (non-hydrogen) atoms. The maximum Gasteiger partial charge on any atom is 0.256 e. The van der Waals surface area contributed by atoms with E-state index >= 15 is 0 Å². The minimum atomic E-state index is -0.178. The number of hydrogen-bond acceptors (Lipinski definition) is 5. The number of nitrogens with one attached hydrogen (secondary N) is 1. The molecule has 8 heteroatoms. The van der Waals surface area contributed by atoms with Crippen LogP contribution in [-0.2, 0) is 4.79 Å². The van der Waals surface area contributed by atoms with Crippen LogP contribution in [0.15, 0.2) is 12.1 Å². The fraction of sp³-hybridized carbons (Fsp3) is 0.529. The second-order valence-corrected chi connectivity index (χ2v) is 5.69. The van der Waals surface area contributed by atoms with Crippen LogP contribution in [-0.4, -0.2) is 50.6 Å². The number of carbonyl (C=O) groups is 2. The third-order valence-corrected chi connectivity index (χ3v) is 4.03. The first-order valence-corrected chi connectivity index (χ1v) is 8.16. The number of benzene rings is 1. The van der Waals surface area contributed by atoms with Gasteiger partial charge in [0.2, 0.25) is 5.91 Å². The van der Waals surface area contributed by atoms with E-state index in [1.54, 1.807) is 17.0 Å². The van der Waals surface area contributed by atoms with Crippen molar-refractivity contribution in [3.8, 4) is 11.5 Å². The lowest BCUT2D eigenvalue weighted by Gasteiger charge is -2.20. The molecule has 1 saturated heterocycles. The summed E-state index contributed by atoms with van der Waals surface area (Å²) in [4.78, 5) is 26.6. The zero-order valence-electron chi connectivity index (χ0n) is 14.7. The number of nitrogens with zero attached hydrogens (tertiary/aromatic N) is 1. The van der Waals surface area contributed by atoms with Gasteiger partial charge in [0, 0.05) is 25.6 Å². The highest BCUT2D eigenvalue weighted by atomic mass is 35.5. The average Bonchev–Trinajstić information content (AvgIpc) is 3.13. The van der Waals surface area contributed by atoms with Crippen LogP contribution in [0.4, 0.5) is 5.69 Å². The van der Waals surface area contributed by atoms with Crippen LogP contribution < -0.4 is 20.5 Å². The molecule has 0 spiro atoms. The number of anilines is 1. The molecule has 0 radical (unpaired) electrons. The number of methoxy groups -OCH3 is 2. The summed E-state index contributed by atoms with van der Waals surface area (Å²) in [5.74, 6) is 0.635. The molecule has 1 fully saturated rings. The van der Waals surface area contributed by atoms with Gasteiger partial charge < -0.3 is 25.4 Å². The molecule has 7 nitrogen and oxygen atoms in total. The standard InChI is InChI=1S/C17H25N3O4.ClH/c1-23-14-10-12(17(22)20-8-3-4-9-20)13(11-15(14)24-2)19-16(21)6-5-7-18;/h10-11H,3-9,18H2,1-2H3,(H,19,21);1H. The highest BCUT2D eigenvalue weighted by Crippen LogP contribution is 2.34. The first kappa shape index (κ1) is 21.1. The molecule has 0 unspecified atom stereocenters. The van der Waals surface area contributed by atoms with Gasteiger partial charge in [-0.3, -0.25) is 9.59 Å². The van der Waals surface area contributed by atoms with Crippen molar-refractivity contribution in [2.24, 2.45) is 5.73 Å². The second kappa shape index (κ2) is 10.1. The van der Waals surface area contributed by atoms with E-state index in [-0.39, 0.29) is 24.2 Å². The lowest BCUT2D eigenvalue weighted by molar-refractivity contribution is -0.116. The van der Waals surface area contributed by atoms with Crippen LogP contribution in [0.2, 0.25) is 0 Å². The van der Waals surface area contributed by atoms with Crippen molar-refractivity contribution in [2.45, 2.75) is 25.7 Å². The van der Waals surface area contributed by atoms with Gasteiger partial charge in [-0.1, -0.05) is 0 Å². The third-order valence-electron chi connectivity index (χ3n) is 4.03. The smallest absolute Gasteiger partial charge is 0.256 e. The van der Waals surface area contributed by atoms with E-state index in [1.165, 1.54) is 14.2 Å². The minimum absolute atomic E-state index is 0. The summed E-state index contributed by atoms with van der Waals surface area (Å²) in [5, 5.41) is 2.80. The summed E-state index contributed by atoms with van der Waals surface area (Å²) >= 11 is 0. The van der Waals surface area contributed by atoms with Crippen molar-refractivity contribution < 1.29 is 19.1 Å². The zero-order valence-corrected chi connectivity index (χ0v) is 15.5. The molecule has 1 aromatic rings. The summed E-state index contributed by atoms with van der Waals surface area (Å²) in [6.07, 6.45) is 2.89.